The Bertz CT molecular complexity index is 402. The molecule has 0 bridgehead atoms. The summed E-state index contributed by atoms with van der Waals surface area (Å²) < 4.78 is 0. The molecular formula is C13H17ClN2O. The zero-order chi connectivity index (χ0) is 12.4. The van der Waals surface area contributed by atoms with Gasteiger partial charge in [-0.3, -0.25) is 4.79 Å². The Balaban J connectivity index is 2.16. The summed E-state index contributed by atoms with van der Waals surface area (Å²) in [6, 6.07) is 4.23. The van der Waals surface area contributed by atoms with Crippen molar-refractivity contribution in [3.05, 3.63) is 28.3 Å². The largest absolute Gasteiger partial charge is 0.368 e. The Morgan fingerprint density at radius 1 is 1.12 bits per heavy atom. The van der Waals surface area contributed by atoms with Gasteiger partial charge in [0.15, 0.2) is 0 Å². The second-order valence-electron chi connectivity index (χ2n) is 4.52. The van der Waals surface area contributed by atoms with E-state index < -0.39 is 0 Å². The highest BCUT2D eigenvalue weighted by atomic mass is 35.5. The molecule has 2 rings (SSSR count). The fourth-order valence-corrected chi connectivity index (χ4v) is 2.30. The van der Waals surface area contributed by atoms with E-state index in [1.165, 1.54) is 5.69 Å². The number of nitrogens with zero attached hydrogens (tertiary/aromatic N) is 2. The maximum Gasteiger partial charge on any atom is 0.209 e. The molecule has 17 heavy (non-hydrogen) atoms. The number of anilines is 1. The van der Waals surface area contributed by atoms with Crippen molar-refractivity contribution in [1.82, 2.24) is 4.90 Å². The zero-order valence-corrected chi connectivity index (χ0v) is 11.0. The summed E-state index contributed by atoms with van der Waals surface area (Å²) in [7, 11) is 0. The number of amides is 1. The molecule has 4 heteroatoms. The molecule has 0 atom stereocenters. The van der Waals surface area contributed by atoms with Crippen LogP contribution in [-0.4, -0.2) is 37.5 Å². The van der Waals surface area contributed by atoms with E-state index in [9.17, 15) is 4.79 Å². The highest BCUT2D eigenvalue weighted by Crippen LogP contribution is 2.27. The molecule has 1 aliphatic rings. The van der Waals surface area contributed by atoms with Crippen LogP contribution in [0.25, 0.3) is 0 Å². The van der Waals surface area contributed by atoms with Crippen LogP contribution in [0.4, 0.5) is 5.69 Å². The van der Waals surface area contributed by atoms with Gasteiger partial charge in [0.25, 0.3) is 0 Å². The molecule has 0 spiro atoms. The van der Waals surface area contributed by atoms with Crippen LogP contribution >= 0.6 is 11.6 Å². The summed E-state index contributed by atoms with van der Waals surface area (Å²) in [4.78, 5) is 14.8. The Kier molecular flexibility index (Phi) is 3.57. The van der Waals surface area contributed by atoms with Gasteiger partial charge in [-0.25, -0.2) is 0 Å². The van der Waals surface area contributed by atoms with E-state index >= 15 is 0 Å². The molecule has 0 aliphatic carbocycles. The fraction of sp³-hybridized carbons (Fsp3) is 0.462. The highest BCUT2D eigenvalue weighted by Gasteiger charge is 2.16. The van der Waals surface area contributed by atoms with E-state index in [1.807, 2.05) is 18.7 Å². The first kappa shape index (κ1) is 12.2. The minimum atomic E-state index is 0.796. The molecule has 1 fully saturated rings. The Morgan fingerprint density at radius 2 is 1.65 bits per heavy atom. The summed E-state index contributed by atoms with van der Waals surface area (Å²) in [5.41, 5.74) is 3.42. The molecule has 1 aromatic carbocycles. The van der Waals surface area contributed by atoms with Crippen LogP contribution in [0.3, 0.4) is 0 Å². The van der Waals surface area contributed by atoms with Crippen LogP contribution in [0, 0.1) is 13.8 Å². The number of piperazine rings is 1. The molecule has 1 aliphatic heterocycles. The zero-order valence-electron chi connectivity index (χ0n) is 10.2. The van der Waals surface area contributed by atoms with Crippen molar-refractivity contribution in [1.29, 1.82) is 0 Å². The molecular weight excluding hydrogens is 236 g/mol. The number of benzene rings is 1. The number of aryl methyl sites for hydroxylation is 2. The Morgan fingerprint density at radius 3 is 2.12 bits per heavy atom. The number of carbonyl (C=O) groups is 1. The van der Waals surface area contributed by atoms with Crippen molar-refractivity contribution in [2.75, 3.05) is 31.1 Å². The van der Waals surface area contributed by atoms with Gasteiger partial charge in [-0.1, -0.05) is 11.6 Å². The van der Waals surface area contributed by atoms with Gasteiger partial charge in [-0.05, 0) is 37.1 Å². The lowest BCUT2D eigenvalue weighted by atomic mass is 10.1. The number of hydrogen-bond acceptors (Lipinski definition) is 2. The molecule has 0 aromatic heterocycles. The van der Waals surface area contributed by atoms with Gasteiger partial charge in [-0.15, -0.1) is 0 Å². The first-order valence-electron chi connectivity index (χ1n) is 5.83. The second kappa shape index (κ2) is 4.96. The summed E-state index contributed by atoms with van der Waals surface area (Å²) in [5.74, 6) is 0. The molecule has 0 N–H and O–H groups in total. The van der Waals surface area contributed by atoms with Crippen molar-refractivity contribution in [2.45, 2.75) is 13.8 Å². The lowest BCUT2D eigenvalue weighted by molar-refractivity contribution is -0.118. The van der Waals surface area contributed by atoms with Crippen LogP contribution in [0.1, 0.15) is 11.1 Å². The molecule has 3 nitrogen and oxygen atoms in total. The summed E-state index contributed by atoms with van der Waals surface area (Å²) >= 11 is 6.16. The van der Waals surface area contributed by atoms with Gasteiger partial charge < -0.3 is 9.80 Å². The van der Waals surface area contributed by atoms with Crippen molar-refractivity contribution in [3.63, 3.8) is 0 Å². The van der Waals surface area contributed by atoms with Crippen LogP contribution in [0.2, 0.25) is 5.02 Å². The molecule has 1 aromatic rings. The first-order valence-corrected chi connectivity index (χ1v) is 6.20. The van der Waals surface area contributed by atoms with Crippen LogP contribution in [-0.2, 0) is 4.79 Å². The van der Waals surface area contributed by atoms with E-state index in [1.54, 1.807) is 0 Å². The summed E-state index contributed by atoms with van der Waals surface area (Å²) in [6.45, 7) is 7.42. The number of carbonyl (C=O) groups excluding carboxylic acids is 1. The van der Waals surface area contributed by atoms with Gasteiger partial charge in [-0.2, -0.15) is 0 Å². The van der Waals surface area contributed by atoms with Gasteiger partial charge in [0.05, 0.1) is 0 Å². The predicted octanol–water partition coefficient (Wildman–Crippen LogP) is 2.24. The summed E-state index contributed by atoms with van der Waals surface area (Å²) in [6.07, 6.45) is 0.926. The van der Waals surface area contributed by atoms with Crippen molar-refractivity contribution >= 4 is 23.7 Å². The van der Waals surface area contributed by atoms with Crippen LogP contribution < -0.4 is 4.90 Å². The third-order valence-corrected chi connectivity index (χ3v) is 3.85. The predicted molar refractivity (Wildman–Crippen MR) is 70.8 cm³/mol. The number of halogens is 1. The van der Waals surface area contributed by atoms with Gasteiger partial charge in [0.1, 0.15) is 0 Å². The first-order chi connectivity index (χ1) is 8.11. The maximum atomic E-state index is 10.6. The van der Waals surface area contributed by atoms with Gasteiger partial charge in [0.2, 0.25) is 6.41 Å². The van der Waals surface area contributed by atoms with Crippen molar-refractivity contribution in [2.24, 2.45) is 0 Å². The molecule has 1 heterocycles. The van der Waals surface area contributed by atoms with Crippen LogP contribution in [0.5, 0.6) is 0 Å². The van der Waals surface area contributed by atoms with E-state index in [2.05, 4.69) is 17.0 Å². The molecule has 1 saturated heterocycles. The lowest BCUT2D eigenvalue weighted by Gasteiger charge is -2.34. The second-order valence-corrected chi connectivity index (χ2v) is 4.90. The molecule has 0 unspecified atom stereocenters. The normalized spacial score (nSPS) is 16.2. The lowest BCUT2D eigenvalue weighted by Crippen LogP contribution is -2.45. The van der Waals surface area contributed by atoms with Crippen molar-refractivity contribution in [3.8, 4) is 0 Å². The monoisotopic (exact) mass is 252 g/mol. The number of rotatable bonds is 2. The molecule has 92 valence electrons. The van der Waals surface area contributed by atoms with Crippen molar-refractivity contribution < 1.29 is 4.79 Å². The highest BCUT2D eigenvalue weighted by molar-refractivity contribution is 6.32. The number of hydrogen-bond donors (Lipinski definition) is 0. The fourth-order valence-electron chi connectivity index (χ4n) is 2.19. The third-order valence-electron chi connectivity index (χ3n) is 3.25. The minimum Gasteiger partial charge on any atom is -0.368 e. The SMILES string of the molecule is Cc1cc(N2CCN(C=O)CC2)cc(C)c1Cl. The third kappa shape index (κ3) is 2.55. The van der Waals surface area contributed by atoms with Gasteiger partial charge >= 0.3 is 0 Å². The smallest absolute Gasteiger partial charge is 0.209 e. The standard InChI is InChI=1S/C13H17ClN2O/c1-10-7-12(8-11(2)13(10)14)16-5-3-15(9-17)4-6-16/h7-9H,3-6H2,1-2H3. The minimum absolute atomic E-state index is 0.796. The Labute approximate surface area is 107 Å². The topological polar surface area (TPSA) is 23.6 Å². The van der Waals surface area contributed by atoms with E-state index in [0.717, 1.165) is 48.7 Å². The maximum absolute atomic E-state index is 10.6. The quantitative estimate of drug-likeness (QED) is 0.754. The molecule has 1 amide bonds. The van der Waals surface area contributed by atoms with E-state index in [4.69, 9.17) is 11.6 Å². The van der Waals surface area contributed by atoms with E-state index in [0.29, 0.717) is 0 Å². The average molecular weight is 253 g/mol. The molecule has 0 saturated carbocycles. The Hall–Kier alpha value is -1.22. The molecule has 0 radical (unpaired) electrons. The van der Waals surface area contributed by atoms with E-state index in [-0.39, 0.29) is 0 Å². The summed E-state index contributed by atoms with van der Waals surface area (Å²) in [5, 5.41) is 0.847. The van der Waals surface area contributed by atoms with Crippen LogP contribution in [0.15, 0.2) is 12.1 Å². The van der Waals surface area contributed by atoms with Gasteiger partial charge in [0, 0.05) is 36.9 Å². The average Bonchev–Trinajstić information content (AvgIpc) is 2.35.